The number of nitrogens with two attached hydrogens (primary N) is 1. The lowest BCUT2D eigenvalue weighted by molar-refractivity contribution is 0.277. The number of rotatable bonds is 8. The first kappa shape index (κ1) is 14.9. The van der Waals surface area contributed by atoms with Gasteiger partial charge in [-0.05, 0) is 39.9 Å². The Kier molecular flexibility index (Phi) is 7.04. The van der Waals surface area contributed by atoms with Gasteiger partial charge in [0, 0.05) is 24.7 Å². The molecule has 1 saturated carbocycles. The molecule has 1 rings (SSSR count). The van der Waals surface area contributed by atoms with E-state index in [1.54, 1.807) is 0 Å². The van der Waals surface area contributed by atoms with E-state index in [0.29, 0.717) is 12.6 Å². The van der Waals surface area contributed by atoms with Gasteiger partial charge in [-0.15, -0.1) is 0 Å². The molecule has 0 heterocycles. The lowest BCUT2D eigenvalue weighted by atomic mass is 9.92. The third-order valence-corrected chi connectivity index (χ3v) is 4.11. The predicted octanol–water partition coefficient (Wildman–Crippen LogP) is 0.435. The van der Waals surface area contributed by atoms with Crippen LogP contribution in [0.3, 0.4) is 0 Å². The van der Waals surface area contributed by atoms with Gasteiger partial charge in [-0.1, -0.05) is 19.3 Å². The van der Waals surface area contributed by atoms with Crippen molar-refractivity contribution in [3.8, 4) is 0 Å². The Labute approximate surface area is 106 Å². The fourth-order valence-corrected chi connectivity index (χ4v) is 2.59. The van der Waals surface area contributed by atoms with Crippen LogP contribution < -0.4 is 21.7 Å². The molecule has 4 nitrogen and oxygen atoms in total. The Morgan fingerprint density at radius 1 is 1.18 bits per heavy atom. The van der Waals surface area contributed by atoms with E-state index < -0.39 is 0 Å². The molecule has 5 N–H and O–H groups in total. The summed E-state index contributed by atoms with van der Waals surface area (Å²) in [5.41, 5.74) is 5.99. The average Bonchev–Trinajstić information content (AvgIpc) is 2.41. The van der Waals surface area contributed by atoms with E-state index in [1.165, 1.54) is 32.1 Å². The van der Waals surface area contributed by atoms with Gasteiger partial charge >= 0.3 is 0 Å². The highest BCUT2D eigenvalue weighted by molar-refractivity contribution is 4.92. The van der Waals surface area contributed by atoms with Crippen molar-refractivity contribution < 1.29 is 0 Å². The van der Waals surface area contributed by atoms with Crippen molar-refractivity contribution in [2.75, 3.05) is 33.7 Å². The van der Waals surface area contributed by atoms with Crippen LogP contribution in [0.4, 0.5) is 0 Å². The van der Waals surface area contributed by atoms with Crippen LogP contribution >= 0.6 is 0 Å². The topological polar surface area (TPSA) is 62.1 Å². The van der Waals surface area contributed by atoms with Crippen LogP contribution in [0.2, 0.25) is 0 Å². The Bertz CT molecular complexity index is 186. The summed E-state index contributed by atoms with van der Waals surface area (Å²) in [5.74, 6) is 0. The molecule has 17 heavy (non-hydrogen) atoms. The maximum absolute atomic E-state index is 5.94. The minimum atomic E-state index is 0.0421. The van der Waals surface area contributed by atoms with E-state index in [9.17, 15) is 0 Å². The normalized spacial score (nSPS) is 21.4. The highest BCUT2D eigenvalue weighted by Gasteiger charge is 2.27. The third-order valence-electron chi connectivity index (χ3n) is 4.11. The van der Waals surface area contributed by atoms with Crippen LogP contribution in [0.25, 0.3) is 0 Å². The smallest absolute Gasteiger partial charge is 0.0439 e. The van der Waals surface area contributed by atoms with Gasteiger partial charge in [-0.2, -0.15) is 0 Å². The van der Waals surface area contributed by atoms with Crippen molar-refractivity contribution in [2.45, 2.75) is 50.1 Å². The van der Waals surface area contributed by atoms with E-state index >= 15 is 0 Å². The molecule has 1 fully saturated rings. The first-order valence-electron chi connectivity index (χ1n) is 7.03. The molecular formula is C13H30N4. The van der Waals surface area contributed by atoms with Gasteiger partial charge in [-0.3, -0.25) is 0 Å². The van der Waals surface area contributed by atoms with Gasteiger partial charge in [0.1, 0.15) is 0 Å². The van der Waals surface area contributed by atoms with E-state index in [1.807, 2.05) is 14.1 Å². The van der Waals surface area contributed by atoms with Gasteiger partial charge < -0.3 is 21.7 Å². The summed E-state index contributed by atoms with van der Waals surface area (Å²) < 4.78 is 0. The fraction of sp³-hybridized carbons (Fsp3) is 1.00. The van der Waals surface area contributed by atoms with Crippen molar-refractivity contribution in [2.24, 2.45) is 5.73 Å². The number of hydrogen-bond donors (Lipinski definition) is 4. The Balaban J connectivity index is 2.36. The highest BCUT2D eigenvalue weighted by atomic mass is 15.1. The number of nitrogens with one attached hydrogen (secondary N) is 3. The Morgan fingerprint density at radius 3 is 2.41 bits per heavy atom. The SMILES string of the molecule is CNCCC(CN)(CNC1CCCCC1)NC. The standard InChI is InChI=1S/C13H30N4/c1-15-9-8-13(10-14,16-2)11-17-12-6-4-3-5-7-12/h12,15-17H,3-11,14H2,1-2H3. The largest absolute Gasteiger partial charge is 0.329 e. The zero-order valence-electron chi connectivity index (χ0n) is 11.5. The minimum Gasteiger partial charge on any atom is -0.329 e. The van der Waals surface area contributed by atoms with Crippen LogP contribution in [0.15, 0.2) is 0 Å². The molecule has 0 amide bonds. The summed E-state index contributed by atoms with van der Waals surface area (Å²) in [6, 6.07) is 0.706. The van der Waals surface area contributed by atoms with Gasteiger partial charge in [0.15, 0.2) is 0 Å². The summed E-state index contributed by atoms with van der Waals surface area (Å²) in [6.07, 6.45) is 7.89. The molecule has 1 unspecified atom stereocenters. The first-order chi connectivity index (χ1) is 8.26. The lowest BCUT2D eigenvalue weighted by Gasteiger charge is -2.35. The zero-order valence-corrected chi connectivity index (χ0v) is 11.5. The van der Waals surface area contributed by atoms with E-state index in [4.69, 9.17) is 5.73 Å². The van der Waals surface area contributed by atoms with Crippen molar-refractivity contribution in [1.82, 2.24) is 16.0 Å². The Morgan fingerprint density at radius 2 is 1.88 bits per heavy atom. The molecule has 4 heteroatoms. The second-order valence-corrected chi connectivity index (χ2v) is 5.30. The fourth-order valence-electron chi connectivity index (χ4n) is 2.59. The molecule has 1 aliphatic carbocycles. The van der Waals surface area contributed by atoms with Crippen molar-refractivity contribution >= 4 is 0 Å². The molecule has 1 atom stereocenters. The maximum Gasteiger partial charge on any atom is 0.0439 e. The van der Waals surface area contributed by atoms with Crippen LogP contribution in [0.5, 0.6) is 0 Å². The minimum absolute atomic E-state index is 0.0421. The van der Waals surface area contributed by atoms with Crippen LogP contribution in [-0.4, -0.2) is 45.3 Å². The van der Waals surface area contributed by atoms with Crippen LogP contribution in [-0.2, 0) is 0 Å². The van der Waals surface area contributed by atoms with Gasteiger partial charge in [0.2, 0.25) is 0 Å². The van der Waals surface area contributed by atoms with Crippen molar-refractivity contribution in [3.05, 3.63) is 0 Å². The lowest BCUT2D eigenvalue weighted by Crippen LogP contribution is -2.58. The van der Waals surface area contributed by atoms with E-state index in [-0.39, 0.29) is 5.54 Å². The van der Waals surface area contributed by atoms with Crippen molar-refractivity contribution in [1.29, 1.82) is 0 Å². The first-order valence-corrected chi connectivity index (χ1v) is 7.03. The van der Waals surface area contributed by atoms with Gasteiger partial charge in [0.05, 0.1) is 0 Å². The molecular weight excluding hydrogens is 212 g/mol. The molecule has 0 radical (unpaired) electrons. The second-order valence-electron chi connectivity index (χ2n) is 5.30. The average molecular weight is 242 g/mol. The molecule has 0 aliphatic heterocycles. The zero-order chi connectivity index (χ0) is 12.6. The summed E-state index contributed by atoms with van der Waals surface area (Å²) in [6.45, 7) is 2.67. The summed E-state index contributed by atoms with van der Waals surface area (Å²) in [7, 11) is 4.01. The second kappa shape index (κ2) is 8.03. The van der Waals surface area contributed by atoms with Crippen LogP contribution in [0.1, 0.15) is 38.5 Å². The highest BCUT2D eigenvalue weighted by Crippen LogP contribution is 2.18. The van der Waals surface area contributed by atoms with Crippen LogP contribution in [0, 0.1) is 0 Å². The monoisotopic (exact) mass is 242 g/mol. The van der Waals surface area contributed by atoms with Gasteiger partial charge in [-0.25, -0.2) is 0 Å². The van der Waals surface area contributed by atoms with Gasteiger partial charge in [0.25, 0.3) is 0 Å². The predicted molar refractivity (Wildman–Crippen MR) is 74.3 cm³/mol. The van der Waals surface area contributed by atoms with E-state index in [2.05, 4.69) is 16.0 Å². The summed E-state index contributed by atoms with van der Waals surface area (Å²) in [4.78, 5) is 0. The molecule has 102 valence electrons. The Hall–Kier alpha value is -0.160. The molecule has 0 spiro atoms. The summed E-state index contributed by atoms with van der Waals surface area (Å²) >= 11 is 0. The molecule has 0 bridgehead atoms. The molecule has 0 aromatic heterocycles. The number of hydrogen-bond acceptors (Lipinski definition) is 4. The molecule has 0 aromatic carbocycles. The molecule has 1 aliphatic rings. The van der Waals surface area contributed by atoms with Crippen molar-refractivity contribution in [3.63, 3.8) is 0 Å². The quantitative estimate of drug-likeness (QED) is 0.499. The maximum atomic E-state index is 5.94. The summed E-state index contributed by atoms with van der Waals surface area (Å²) in [5, 5.41) is 10.3. The molecule has 0 aromatic rings. The number of likely N-dealkylation sites (N-methyl/N-ethyl adjacent to an activating group) is 1. The molecule has 0 saturated heterocycles. The van der Waals surface area contributed by atoms with E-state index in [0.717, 1.165) is 19.5 Å². The third kappa shape index (κ3) is 4.92.